The Bertz CT molecular complexity index is 639. The summed E-state index contributed by atoms with van der Waals surface area (Å²) in [4.78, 5) is 0. The van der Waals surface area contributed by atoms with Gasteiger partial charge < -0.3 is 14.8 Å². The minimum Gasteiger partial charge on any atom is -0.496 e. The molecule has 1 unspecified atom stereocenters. The molecule has 0 radical (unpaired) electrons. The van der Waals surface area contributed by atoms with E-state index in [1.807, 2.05) is 30.3 Å². The molecular weight excluding hydrogens is 293 g/mol. The number of nitrogens with one attached hydrogen (secondary N) is 1. The lowest BCUT2D eigenvalue weighted by molar-refractivity contribution is 0.283. The predicted octanol–water partition coefficient (Wildman–Crippen LogP) is 4.23. The number of piperidine rings is 1. The van der Waals surface area contributed by atoms with Crippen LogP contribution in [0.25, 0.3) is 0 Å². The van der Waals surface area contributed by atoms with E-state index in [0.717, 1.165) is 31.4 Å². The summed E-state index contributed by atoms with van der Waals surface area (Å²) < 4.78 is 26.0. The average molecular weight is 315 g/mol. The van der Waals surface area contributed by atoms with Gasteiger partial charge in [-0.15, -0.1) is 0 Å². The Balaban J connectivity index is 1.83. The molecule has 0 aliphatic carbocycles. The lowest BCUT2D eigenvalue weighted by atomic mass is 9.96. The first-order valence-corrected chi connectivity index (χ1v) is 8.06. The number of hydrogen-bond acceptors (Lipinski definition) is 3. The largest absolute Gasteiger partial charge is 0.496 e. The standard InChI is InChI=1S/C19H22FNO2/c1-22-16-10-11-17(23-13-14-7-3-2-4-8-14)19(20)18(16)15-9-5-6-12-21-15/h2-4,7-8,10-11,15,21H,5-6,9,12-13H2,1H3. The minimum atomic E-state index is -0.320. The zero-order valence-corrected chi connectivity index (χ0v) is 13.3. The Kier molecular flexibility index (Phi) is 5.13. The first-order valence-electron chi connectivity index (χ1n) is 8.06. The van der Waals surface area contributed by atoms with Crippen molar-refractivity contribution in [3.05, 3.63) is 59.4 Å². The van der Waals surface area contributed by atoms with Gasteiger partial charge in [0.1, 0.15) is 12.4 Å². The van der Waals surface area contributed by atoms with Gasteiger partial charge in [0.05, 0.1) is 12.7 Å². The molecule has 4 heteroatoms. The van der Waals surface area contributed by atoms with Crippen molar-refractivity contribution in [2.45, 2.75) is 31.9 Å². The quantitative estimate of drug-likeness (QED) is 0.896. The maximum atomic E-state index is 15.0. The lowest BCUT2D eigenvalue weighted by Crippen LogP contribution is -2.28. The maximum absolute atomic E-state index is 15.0. The van der Waals surface area contributed by atoms with Gasteiger partial charge in [-0.3, -0.25) is 0 Å². The second kappa shape index (κ2) is 7.47. The number of halogens is 1. The summed E-state index contributed by atoms with van der Waals surface area (Å²) in [6.45, 7) is 1.25. The molecule has 3 rings (SSSR count). The van der Waals surface area contributed by atoms with Gasteiger partial charge in [0, 0.05) is 6.04 Å². The van der Waals surface area contributed by atoms with Crippen molar-refractivity contribution in [2.24, 2.45) is 0 Å². The molecule has 0 spiro atoms. The molecule has 23 heavy (non-hydrogen) atoms. The highest BCUT2D eigenvalue weighted by Crippen LogP contribution is 2.37. The second-order valence-corrected chi connectivity index (χ2v) is 5.77. The average Bonchev–Trinajstić information content (AvgIpc) is 2.62. The molecule has 2 aromatic carbocycles. The summed E-state index contributed by atoms with van der Waals surface area (Å²) in [7, 11) is 1.57. The van der Waals surface area contributed by atoms with Gasteiger partial charge in [-0.1, -0.05) is 36.8 Å². The van der Waals surface area contributed by atoms with Crippen molar-refractivity contribution in [2.75, 3.05) is 13.7 Å². The highest BCUT2D eigenvalue weighted by atomic mass is 19.1. The van der Waals surface area contributed by atoms with Crippen LogP contribution in [0.15, 0.2) is 42.5 Å². The van der Waals surface area contributed by atoms with Crippen molar-refractivity contribution in [1.82, 2.24) is 5.32 Å². The Hall–Kier alpha value is -2.07. The van der Waals surface area contributed by atoms with E-state index in [0.29, 0.717) is 17.9 Å². The van der Waals surface area contributed by atoms with Crippen LogP contribution in [0.1, 0.15) is 36.4 Å². The zero-order chi connectivity index (χ0) is 16.1. The molecule has 122 valence electrons. The Labute approximate surface area is 136 Å². The molecule has 0 saturated carbocycles. The molecule has 1 aliphatic rings. The number of benzene rings is 2. The fraction of sp³-hybridized carbons (Fsp3) is 0.368. The summed E-state index contributed by atoms with van der Waals surface area (Å²) in [5.41, 5.74) is 1.60. The fourth-order valence-electron chi connectivity index (χ4n) is 3.00. The summed E-state index contributed by atoms with van der Waals surface area (Å²) in [5, 5.41) is 3.38. The van der Waals surface area contributed by atoms with E-state index in [4.69, 9.17) is 9.47 Å². The maximum Gasteiger partial charge on any atom is 0.173 e. The van der Waals surface area contributed by atoms with Crippen LogP contribution in [0.2, 0.25) is 0 Å². The van der Waals surface area contributed by atoms with Gasteiger partial charge in [-0.25, -0.2) is 4.39 Å². The van der Waals surface area contributed by atoms with E-state index in [9.17, 15) is 4.39 Å². The monoisotopic (exact) mass is 315 g/mol. The predicted molar refractivity (Wildman–Crippen MR) is 88.3 cm³/mol. The summed E-state index contributed by atoms with van der Waals surface area (Å²) >= 11 is 0. The van der Waals surface area contributed by atoms with Crippen molar-refractivity contribution < 1.29 is 13.9 Å². The smallest absolute Gasteiger partial charge is 0.173 e. The first-order chi connectivity index (χ1) is 11.3. The van der Waals surface area contributed by atoms with Crippen molar-refractivity contribution >= 4 is 0 Å². The van der Waals surface area contributed by atoms with E-state index in [2.05, 4.69) is 5.32 Å². The summed E-state index contributed by atoms with van der Waals surface area (Å²) in [6, 6.07) is 13.2. The number of methoxy groups -OCH3 is 1. The van der Waals surface area contributed by atoms with Crippen molar-refractivity contribution in [1.29, 1.82) is 0 Å². The number of ether oxygens (including phenoxy) is 2. The Morgan fingerprint density at radius 3 is 2.57 bits per heavy atom. The first kappa shape index (κ1) is 15.8. The van der Waals surface area contributed by atoms with Gasteiger partial charge >= 0.3 is 0 Å². The number of rotatable bonds is 5. The SMILES string of the molecule is COc1ccc(OCc2ccccc2)c(F)c1C1CCCCN1. The van der Waals surface area contributed by atoms with Gasteiger partial charge in [0.2, 0.25) is 0 Å². The normalized spacial score (nSPS) is 17.7. The summed E-state index contributed by atoms with van der Waals surface area (Å²) in [5.74, 6) is 0.533. The van der Waals surface area contributed by atoms with Gasteiger partial charge in [0.25, 0.3) is 0 Å². The fourth-order valence-corrected chi connectivity index (χ4v) is 3.00. The third kappa shape index (κ3) is 3.64. The molecule has 1 heterocycles. The Morgan fingerprint density at radius 2 is 1.87 bits per heavy atom. The molecule has 1 saturated heterocycles. The Morgan fingerprint density at radius 1 is 1.09 bits per heavy atom. The van der Waals surface area contributed by atoms with Crippen LogP contribution in [0, 0.1) is 5.82 Å². The van der Waals surface area contributed by atoms with E-state index in [1.54, 1.807) is 19.2 Å². The molecule has 1 fully saturated rings. The number of hydrogen-bond donors (Lipinski definition) is 1. The topological polar surface area (TPSA) is 30.5 Å². The van der Waals surface area contributed by atoms with Gasteiger partial charge in [0.15, 0.2) is 11.6 Å². The molecule has 1 aliphatic heterocycles. The molecule has 2 aromatic rings. The molecule has 1 atom stereocenters. The molecule has 0 aromatic heterocycles. The highest BCUT2D eigenvalue weighted by Gasteiger charge is 2.25. The molecule has 0 bridgehead atoms. The second-order valence-electron chi connectivity index (χ2n) is 5.77. The van der Waals surface area contributed by atoms with Gasteiger partial charge in [-0.2, -0.15) is 0 Å². The molecular formula is C19H22FNO2. The van der Waals surface area contributed by atoms with Crippen LogP contribution >= 0.6 is 0 Å². The van der Waals surface area contributed by atoms with E-state index in [-0.39, 0.29) is 17.6 Å². The lowest BCUT2D eigenvalue weighted by Gasteiger charge is -2.26. The zero-order valence-electron chi connectivity index (χ0n) is 13.3. The van der Waals surface area contributed by atoms with E-state index < -0.39 is 0 Å². The van der Waals surface area contributed by atoms with Crippen LogP contribution in [-0.4, -0.2) is 13.7 Å². The molecule has 0 amide bonds. The van der Waals surface area contributed by atoms with Gasteiger partial charge in [-0.05, 0) is 37.1 Å². The van der Waals surface area contributed by atoms with Crippen LogP contribution in [0.3, 0.4) is 0 Å². The molecule has 1 N–H and O–H groups in total. The van der Waals surface area contributed by atoms with E-state index in [1.165, 1.54) is 0 Å². The van der Waals surface area contributed by atoms with Crippen LogP contribution in [0.5, 0.6) is 11.5 Å². The molecule has 3 nitrogen and oxygen atoms in total. The van der Waals surface area contributed by atoms with E-state index >= 15 is 0 Å². The summed E-state index contributed by atoms with van der Waals surface area (Å²) in [6.07, 6.45) is 3.13. The van der Waals surface area contributed by atoms with Crippen LogP contribution in [-0.2, 0) is 6.61 Å². The van der Waals surface area contributed by atoms with Crippen molar-refractivity contribution in [3.8, 4) is 11.5 Å². The van der Waals surface area contributed by atoms with Crippen molar-refractivity contribution in [3.63, 3.8) is 0 Å². The van der Waals surface area contributed by atoms with Crippen LogP contribution in [0.4, 0.5) is 4.39 Å². The third-order valence-corrected chi connectivity index (χ3v) is 4.22. The third-order valence-electron chi connectivity index (χ3n) is 4.22. The van der Waals surface area contributed by atoms with Crippen LogP contribution < -0.4 is 14.8 Å². The minimum absolute atomic E-state index is 0.0148. The highest BCUT2D eigenvalue weighted by molar-refractivity contribution is 5.44.